The van der Waals surface area contributed by atoms with Crippen molar-refractivity contribution in [2.45, 2.75) is 50.5 Å². The van der Waals surface area contributed by atoms with Gasteiger partial charge in [-0.3, -0.25) is 0 Å². The van der Waals surface area contributed by atoms with Crippen LogP contribution in [0, 0.1) is 0 Å². The number of hydrogen-bond acceptors (Lipinski definition) is 2. The molecule has 0 bridgehead atoms. The molecule has 2 rings (SSSR count). The van der Waals surface area contributed by atoms with Gasteiger partial charge in [-0.2, -0.15) is 0 Å². The van der Waals surface area contributed by atoms with E-state index in [1.807, 2.05) is 45.0 Å². The first-order valence-electron chi connectivity index (χ1n) is 7.02. The molecule has 0 aliphatic carbocycles. The maximum Gasteiger partial charge on any atom is 0.118 e. The monoisotopic (exact) mass is 293 g/mol. The van der Waals surface area contributed by atoms with Crippen LogP contribution in [-0.2, 0) is 15.7 Å². The summed E-state index contributed by atoms with van der Waals surface area (Å²) in [5.74, 6) is 0. The smallest absolute Gasteiger partial charge is 0.118 e. The summed E-state index contributed by atoms with van der Waals surface area (Å²) in [6, 6.07) is 10.0. The Balaban J connectivity index is 2.20. The van der Waals surface area contributed by atoms with Gasteiger partial charge < -0.3 is 4.74 Å². The number of benzene rings is 1. The molecule has 3 atom stereocenters. The largest absolute Gasteiger partial charge is 0.496 e. The number of nitrogens with one attached hydrogen (secondary N) is 1. The molecule has 0 amide bonds. The minimum absolute atomic E-state index is 0.0219. The fourth-order valence-corrected chi connectivity index (χ4v) is 2.98. The van der Waals surface area contributed by atoms with Crippen molar-refractivity contribution in [2.75, 3.05) is 0 Å². The van der Waals surface area contributed by atoms with E-state index in [4.69, 9.17) is 4.74 Å². The van der Waals surface area contributed by atoms with Crippen LogP contribution in [0.1, 0.15) is 45.2 Å². The van der Waals surface area contributed by atoms with Gasteiger partial charge in [0.05, 0.1) is 28.0 Å². The van der Waals surface area contributed by atoms with Gasteiger partial charge in [-0.25, -0.2) is 8.93 Å². The van der Waals surface area contributed by atoms with Crippen LogP contribution in [-0.4, -0.2) is 15.1 Å². The third kappa shape index (κ3) is 3.93. The average molecular weight is 293 g/mol. The van der Waals surface area contributed by atoms with Gasteiger partial charge in [0.15, 0.2) is 0 Å². The summed E-state index contributed by atoms with van der Waals surface area (Å²) in [7, 11) is -1.12. The lowest BCUT2D eigenvalue weighted by Crippen LogP contribution is -2.41. The Hall–Kier alpha value is -1.13. The van der Waals surface area contributed by atoms with Gasteiger partial charge in [-0.1, -0.05) is 30.3 Å². The van der Waals surface area contributed by atoms with E-state index < -0.39 is 11.0 Å². The maximum atomic E-state index is 12.4. The summed E-state index contributed by atoms with van der Waals surface area (Å²) >= 11 is 0. The van der Waals surface area contributed by atoms with Gasteiger partial charge in [0.25, 0.3) is 0 Å². The maximum absolute atomic E-state index is 12.4. The topological polar surface area (TPSA) is 38.3 Å². The van der Waals surface area contributed by atoms with E-state index in [1.54, 1.807) is 6.26 Å². The molecule has 1 aromatic rings. The Morgan fingerprint density at radius 2 is 2.00 bits per heavy atom. The van der Waals surface area contributed by atoms with Crippen LogP contribution in [0.5, 0.6) is 0 Å². The second kappa shape index (κ2) is 6.55. The fraction of sp³-hybridized carbons (Fsp3) is 0.500. The van der Waals surface area contributed by atoms with E-state index in [9.17, 15) is 4.21 Å². The molecular formula is C16H23NO2S. The summed E-state index contributed by atoms with van der Waals surface area (Å²) in [4.78, 5) is 0. The zero-order valence-electron chi connectivity index (χ0n) is 12.3. The highest BCUT2D eigenvalue weighted by Gasteiger charge is 2.30. The molecule has 0 spiro atoms. The normalized spacial score (nSPS) is 22.1. The number of hydrogen-bond donors (Lipinski definition) is 1. The molecule has 1 unspecified atom stereocenters. The molecule has 110 valence electrons. The van der Waals surface area contributed by atoms with Crippen LogP contribution in [0.3, 0.4) is 0 Å². The molecule has 1 aliphatic heterocycles. The van der Waals surface area contributed by atoms with E-state index in [1.165, 1.54) is 0 Å². The summed E-state index contributed by atoms with van der Waals surface area (Å²) in [6.07, 6.45) is 5.74. The Bertz CT molecular complexity index is 479. The standard InChI is InChI=1S/C16H23NO2S/c1-16(2,3)20(18)17-15(13-9-5-4-6-10-13)14-11-7-8-12-19-14/h4-6,8-10,12,14-15,17H,7,11H2,1-3H3/t14-,15+,20?/m0/s1. The van der Waals surface area contributed by atoms with Gasteiger partial charge in [0, 0.05) is 0 Å². The number of rotatable bonds is 4. The van der Waals surface area contributed by atoms with Crippen LogP contribution in [0.15, 0.2) is 42.7 Å². The van der Waals surface area contributed by atoms with Crippen molar-refractivity contribution in [1.29, 1.82) is 0 Å². The van der Waals surface area contributed by atoms with E-state index in [-0.39, 0.29) is 16.9 Å². The van der Waals surface area contributed by atoms with Gasteiger partial charge in [0.2, 0.25) is 0 Å². The highest BCUT2D eigenvalue weighted by atomic mass is 32.2. The molecule has 20 heavy (non-hydrogen) atoms. The lowest BCUT2D eigenvalue weighted by molar-refractivity contribution is 0.0939. The Morgan fingerprint density at radius 3 is 2.55 bits per heavy atom. The highest BCUT2D eigenvalue weighted by molar-refractivity contribution is 7.84. The van der Waals surface area contributed by atoms with Gasteiger partial charge >= 0.3 is 0 Å². The zero-order chi connectivity index (χ0) is 14.6. The minimum atomic E-state index is -1.12. The molecule has 4 heteroatoms. The summed E-state index contributed by atoms with van der Waals surface area (Å²) in [6.45, 7) is 5.92. The quantitative estimate of drug-likeness (QED) is 0.923. The first-order chi connectivity index (χ1) is 9.48. The molecule has 0 aromatic heterocycles. The Labute approximate surface area is 124 Å². The van der Waals surface area contributed by atoms with Gasteiger partial charge in [-0.05, 0) is 45.3 Å². The van der Waals surface area contributed by atoms with Crippen LogP contribution < -0.4 is 4.72 Å². The molecule has 0 radical (unpaired) electrons. The predicted octanol–water partition coefficient (Wildman–Crippen LogP) is 3.47. The van der Waals surface area contributed by atoms with Gasteiger partial charge in [-0.15, -0.1) is 0 Å². The van der Waals surface area contributed by atoms with Crippen molar-refractivity contribution >= 4 is 11.0 Å². The molecule has 1 N–H and O–H groups in total. The molecule has 1 aliphatic rings. The van der Waals surface area contributed by atoms with E-state index in [2.05, 4.69) is 16.9 Å². The summed E-state index contributed by atoms with van der Waals surface area (Å²) in [5, 5.41) is 0. The van der Waals surface area contributed by atoms with Crippen LogP contribution >= 0.6 is 0 Å². The average Bonchev–Trinajstić information content (AvgIpc) is 2.45. The van der Waals surface area contributed by atoms with Crippen molar-refractivity contribution in [2.24, 2.45) is 0 Å². The van der Waals surface area contributed by atoms with Crippen LogP contribution in [0.2, 0.25) is 0 Å². The highest BCUT2D eigenvalue weighted by Crippen LogP contribution is 2.27. The van der Waals surface area contributed by atoms with Crippen LogP contribution in [0.4, 0.5) is 0 Å². The SMILES string of the molecule is CC(C)(C)S(=O)N[C@H](c1ccccc1)[C@@H]1CCC=CO1. The molecule has 0 saturated heterocycles. The van der Waals surface area contributed by atoms with Gasteiger partial charge in [0.1, 0.15) is 6.10 Å². The Kier molecular flexibility index (Phi) is 5.00. The summed E-state index contributed by atoms with van der Waals surface area (Å²) in [5.41, 5.74) is 1.12. The fourth-order valence-electron chi connectivity index (χ4n) is 2.11. The van der Waals surface area contributed by atoms with Crippen molar-refractivity contribution in [3.8, 4) is 0 Å². The lowest BCUT2D eigenvalue weighted by atomic mass is 9.98. The van der Waals surface area contributed by atoms with E-state index >= 15 is 0 Å². The zero-order valence-corrected chi connectivity index (χ0v) is 13.2. The molecule has 0 fully saturated rings. The first-order valence-corrected chi connectivity index (χ1v) is 8.17. The van der Waals surface area contributed by atoms with E-state index in [0.29, 0.717) is 0 Å². The molecular weight excluding hydrogens is 270 g/mol. The van der Waals surface area contributed by atoms with Crippen molar-refractivity contribution in [1.82, 2.24) is 4.72 Å². The third-order valence-corrected chi connectivity index (χ3v) is 4.87. The first kappa shape index (κ1) is 15.3. The second-order valence-electron chi connectivity index (χ2n) is 6.01. The summed E-state index contributed by atoms with van der Waals surface area (Å²) < 4.78 is 21.1. The number of allylic oxidation sites excluding steroid dienone is 1. The van der Waals surface area contributed by atoms with E-state index in [0.717, 1.165) is 18.4 Å². The second-order valence-corrected chi connectivity index (χ2v) is 8.01. The predicted molar refractivity (Wildman–Crippen MR) is 83.5 cm³/mol. The molecule has 3 nitrogen and oxygen atoms in total. The Morgan fingerprint density at radius 1 is 1.30 bits per heavy atom. The minimum Gasteiger partial charge on any atom is -0.496 e. The van der Waals surface area contributed by atoms with Crippen LogP contribution in [0.25, 0.3) is 0 Å². The molecule has 1 aromatic carbocycles. The van der Waals surface area contributed by atoms with Crippen molar-refractivity contribution in [3.05, 3.63) is 48.2 Å². The molecule has 1 heterocycles. The number of ether oxygens (including phenoxy) is 1. The third-order valence-electron chi connectivity index (χ3n) is 3.29. The molecule has 0 saturated carbocycles. The lowest BCUT2D eigenvalue weighted by Gasteiger charge is -2.31. The van der Waals surface area contributed by atoms with Crippen molar-refractivity contribution < 1.29 is 8.95 Å². The van der Waals surface area contributed by atoms with Crippen molar-refractivity contribution in [3.63, 3.8) is 0 Å².